The van der Waals surface area contributed by atoms with E-state index >= 15 is 0 Å². The molecule has 0 saturated carbocycles. The fourth-order valence-electron chi connectivity index (χ4n) is 2.36. The van der Waals surface area contributed by atoms with Gasteiger partial charge in [0.1, 0.15) is 5.01 Å². The molecule has 1 amide bonds. The smallest absolute Gasteiger partial charge is 0.239 e. The topological polar surface area (TPSA) is 98.5 Å². The highest BCUT2D eigenvalue weighted by Gasteiger charge is 2.23. The number of hydrogen-bond donors (Lipinski definition) is 1. The van der Waals surface area contributed by atoms with Gasteiger partial charge in [-0.3, -0.25) is 19.7 Å². The van der Waals surface area contributed by atoms with Crippen LogP contribution in [0.25, 0.3) is 11.4 Å². The molecular formula is C17H19N7OS2. The van der Waals surface area contributed by atoms with E-state index < -0.39 is 0 Å². The molecule has 1 N–H and O–H groups in total. The highest BCUT2D eigenvalue weighted by Crippen LogP contribution is 2.29. The van der Waals surface area contributed by atoms with Crippen molar-refractivity contribution in [3.05, 3.63) is 42.2 Å². The second kappa shape index (κ2) is 8.87. The van der Waals surface area contributed by atoms with E-state index in [4.69, 9.17) is 0 Å². The van der Waals surface area contributed by atoms with Crippen molar-refractivity contribution in [3.8, 4) is 11.4 Å². The van der Waals surface area contributed by atoms with Gasteiger partial charge in [-0.25, -0.2) is 0 Å². The van der Waals surface area contributed by atoms with Gasteiger partial charge in [0, 0.05) is 24.5 Å². The molecule has 0 aromatic carbocycles. The van der Waals surface area contributed by atoms with Crippen molar-refractivity contribution in [3.63, 3.8) is 0 Å². The summed E-state index contributed by atoms with van der Waals surface area (Å²) in [5.41, 5.74) is 0.862. The van der Waals surface area contributed by atoms with Crippen molar-refractivity contribution in [2.24, 2.45) is 0 Å². The van der Waals surface area contributed by atoms with Crippen molar-refractivity contribution in [2.75, 3.05) is 5.32 Å². The van der Waals surface area contributed by atoms with Crippen LogP contribution < -0.4 is 5.32 Å². The summed E-state index contributed by atoms with van der Waals surface area (Å²) < 4.78 is 1.93. The van der Waals surface area contributed by atoms with Gasteiger partial charge in [-0.2, -0.15) is 0 Å². The SMILES string of the molecule is C=CCn1c(S[C@H](CC)C(=O)Nc2nnc(C)s2)nnc1-c1cccnc1. The van der Waals surface area contributed by atoms with Gasteiger partial charge >= 0.3 is 0 Å². The summed E-state index contributed by atoms with van der Waals surface area (Å²) in [5.74, 6) is 0.565. The lowest BCUT2D eigenvalue weighted by atomic mass is 10.3. The Kier molecular flexibility index (Phi) is 6.30. The van der Waals surface area contributed by atoms with Crippen LogP contribution in [-0.4, -0.2) is 41.1 Å². The molecular weight excluding hydrogens is 382 g/mol. The standard InChI is InChI=1S/C17H19N7OS2/c1-4-9-24-14(12-7-6-8-18-10-12)21-23-17(24)27-13(5-2)15(25)19-16-22-20-11(3)26-16/h4,6-8,10,13H,1,5,9H2,2-3H3,(H,19,22,25)/t13-/m1/s1. The lowest BCUT2D eigenvalue weighted by Gasteiger charge is -2.14. The van der Waals surface area contributed by atoms with Crippen LogP contribution in [0, 0.1) is 6.92 Å². The summed E-state index contributed by atoms with van der Waals surface area (Å²) in [4.78, 5) is 16.8. The Morgan fingerprint density at radius 2 is 2.26 bits per heavy atom. The van der Waals surface area contributed by atoms with Gasteiger partial charge in [0.15, 0.2) is 11.0 Å². The van der Waals surface area contributed by atoms with Crippen molar-refractivity contribution >= 4 is 34.1 Å². The van der Waals surface area contributed by atoms with Gasteiger partial charge in [0.25, 0.3) is 0 Å². The Bertz CT molecular complexity index is 923. The average Bonchev–Trinajstić information content (AvgIpc) is 3.26. The number of rotatable bonds is 8. The number of aromatic nitrogens is 6. The molecule has 0 saturated heterocycles. The molecule has 0 fully saturated rings. The zero-order valence-corrected chi connectivity index (χ0v) is 16.6. The molecule has 3 heterocycles. The maximum atomic E-state index is 12.6. The molecule has 0 bridgehead atoms. The summed E-state index contributed by atoms with van der Waals surface area (Å²) >= 11 is 2.72. The number of anilines is 1. The lowest BCUT2D eigenvalue weighted by molar-refractivity contribution is -0.115. The minimum absolute atomic E-state index is 0.130. The minimum Gasteiger partial charge on any atom is -0.300 e. The van der Waals surface area contributed by atoms with E-state index in [-0.39, 0.29) is 11.2 Å². The summed E-state index contributed by atoms with van der Waals surface area (Å²) in [6, 6.07) is 3.77. The van der Waals surface area contributed by atoms with E-state index in [0.717, 1.165) is 10.6 Å². The Morgan fingerprint density at radius 1 is 1.41 bits per heavy atom. The first-order chi connectivity index (χ1) is 13.1. The molecule has 3 rings (SSSR count). The number of nitrogens with zero attached hydrogens (tertiary/aromatic N) is 6. The Hall–Kier alpha value is -2.59. The van der Waals surface area contributed by atoms with E-state index in [1.807, 2.05) is 30.5 Å². The largest absolute Gasteiger partial charge is 0.300 e. The number of pyridine rings is 1. The maximum absolute atomic E-state index is 12.6. The third-order valence-electron chi connectivity index (χ3n) is 3.62. The third kappa shape index (κ3) is 4.58. The number of hydrogen-bond acceptors (Lipinski definition) is 8. The van der Waals surface area contributed by atoms with E-state index in [0.29, 0.717) is 29.1 Å². The minimum atomic E-state index is -0.330. The first kappa shape index (κ1) is 19.2. The number of aryl methyl sites for hydroxylation is 1. The van der Waals surface area contributed by atoms with E-state index in [1.165, 1.54) is 23.1 Å². The quantitative estimate of drug-likeness (QED) is 0.457. The molecule has 0 aliphatic heterocycles. The summed E-state index contributed by atoms with van der Waals surface area (Å²) in [7, 11) is 0. The zero-order valence-electron chi connectivity index (χ0n) is 15.0. The van der Waals surface area contributed by atoms with Crippen LogP contribution in [0.3, 0.4) is 0 Å². The van der Waals surface area contributed by atoms with Gasteiger partial charge in [0.2, 0.25) is 11.0 Å². The molecule has 27 heavy (non-hydrogen) atoms. The van der Waals surface area contributed by atoms with Gasteiger partial charge in [-0.15, -0.1) is 27.0 Å². The van der Waals surface area contributed by atoms with Crippen molar-refractivity contribution in [1.29, 1.82) is 0 Å². The number of nitrogens with one attached hydrogen (secondary N) is 1. The summed E-state index contributed by atoms with van der Waals surface area (Å²) in [6.45, 7) is 8.15. The van der Waals surface area contributed by atoms with Gasteiger partial charge in [-0.1, -0.05) is 36.1 Å². The summed E-state index contributed by atoms with van der Waals surface area (Å²) in [5, 5.41) is 20.9. The second-order valence-corrected chi connectivity index (χ2v) is 7.93. The van der Waals surface area contributed by atoms with Gasteiger partial charge < -0.3 is 0 Å². The predicted molar refractivity (Wildman–Crippen MR) is 107 cm³/mol. The molecule has 0 aliphatic rings. The van der Waals surface area contributed by atoms with Crippen LogP contribution in [0.1, 0.15) is 18.4 Å². The molecule has 10 heteroatoms. The fraction of sp³-hybridized carbons (Fsp3) is 0.294. The number of carbonyl (C=O) groups is 1. The number of carbonyl (C=O) groups excluding carboxylic acids is 1. The van der Waals surface area contributed by atoms with Crippen LogP contribution in [0.2, 0.25) is 0 Å². The Morgan fingerprint density at radius 3 is 2.89 bits per heavy atom. The summed E-state index contributed by atoms with van der Waals surface area (Å²) in [6.07, 6.45) is 5.86. The van der Waals surface area contributed by atoms with Crippen LogP contribution in [0.15, 0.2) is 42.3 Å². The average molecular weight is 402 g/mol. The monoisotopic (exact) mass is 401 g/mol. The lowest BCUT2D eigenvalue weighted by Crippen LogP contribution is -2.25. The molecule has 1 atom stereocenters. The Labute approximate surface area is 165 Å². The molecule has 0 unspecified atom stereocenters. The normalized spacial score (nSPS) is 11.9. The zero-order chi connectivity index (χ0) is 19.2. The number of amides is 1. The molecule has 8 nitrogen and oxygen atoms in total. The van der Waals surface area contributed by atoms with Crippen LogP contribution in [0.5, 0.6) is 0 Å². The molecule has 3 aromatic heterocycles. The molecule has 0 spiro atoms. The molecule has 0 aliphatic carbocycles. The highest BCUT2D eigenvalue weighted by atomic mass is 32.2. The number of thioether (sulfide) groups is 1. The highest BCUT2D eigenvalue weighted by molar-refractivity contribution is 8.00. The molecule has 3 aromatic rings. The predicted octanol–water partition coefficient (Wildman–Crippen LogP) is 3.20. The molecule has 140 valence electrons. The van der Waals surface area contributed by atoms with Crippen LogP contribution in [0.4, 0.5) is 5.13 Å². The van der Waals surface area contributed by atoms with Crippen molar-refractivity contribution in [2.45, 2.75) is 37.2 Å². The van der Waals surface area contributed by atoms with Gasteiger partial charge in [-0.05, 0) is 25.5 Å². The van der Waals surface area contributed by atoms with Gasteiger partial charge in [0.05, 0.1) is 5.25 Å². The van der Waals surface area contributed by atoms with E-state index in [1.54, 1.807) is 18.5 Å². The van der Waals surface area contributed by atoms with Crippen LogP contribution in [-0.2, 0) is 11.3 Å². The second-order valence-electron chi connectivity index (χ2n) is 5.58. The van der Waals surface area contributed by atoms with Crippen LogP contribution >= 0.6 is 23.1 Å². The molecule has 0 radical (unpaired) electrons. The first-order valence-electron chi connectivity index (χ1n) is 8.34. The number of allylic oxidation sites excluding steroid dienone is 1. The van der Waals surface area contributed by atoms with Crippen molar-refractivity contribution in [1.82, 2.24) is 29.9 Å². The Balaban J connectivity index is 1.81. The first-order valence-corrected chi connectivity index (χ1v) is 10.0. The van der Waals surface area contributed by atoms with Crippen molar-refractivity contribution < 1.29 is 4.79 Å². The van der Waals surface area contributed by atoms with E-state index in [2.05, 4.69) is 37.3 Å². The van der Waals surface area contributed by atoms with E-state index in [9.17, 15) is 4.79 Å². The fourth-order valence-corrected chi connectivity index (χ4v) is 3.92. The third-order valence-corrected chi connectivity index (χ3v) is 5.71. The maximum Gasteiger partial charge on any atom is 0.239 e.